The molecule has 0 radical (unpaired) electrons. The summed E-state index contributed by atoms with van der Waals surface area (Å²) in [5.41, 5.74) is 3.48. The van der Waals surface area contributed by atoms with E-state index in [4.69, 9.17) is 0 Å². The zero-order valence-electron chi connectivity index (χ0n) is 17.9. The molecule has 3 nitrogen and oxygen atoms in total. The van der Waals surface area contributed by atoms with Gasteiger partial charge in [-0.15, -0.1) is 0 Å². The monoisotopic (exact) mass is 431 g/mol. The highest BCUT2D eigenvalue weighted by Crippen LogP contribution is 2.36. The Bertz CT molecular complexity index is 1080. The maximum Gasteiger partial charge on any atom is 0.243 e. The molecule has 3 aromatic carbocycles. The van der Waals surface area contributed by atoms with Gasteiger partial charge in [-0.1, -0.05) is 90.5 Å². The first-order valence-electron chi connectivity index (χ1n) is 10.8. The molecule has 0 N–H and O–H groups in total. The predicted molar refractivity (Wildman–Crippen MR) is 126 cm³/mol. The molecule has 0 amide bonds. The van der Waals surface area contributed by atoms with Crippen molar-refractivity contribution < 1.29 is 8.42 Å². The Morgan fingerprint density at radius 2 is 1.35 bits per heavy atom. The summed E-state index contributed by atoms with van der Waals surface area (Å²) >= 11 is 0. The van der Waals surface area contributed by atoms with Gasteiger partial charge in [-0.25, -0.2) is 8.42 Å². The molecule has 0 atom stereocenters. The van der Waals surface area contributed by atoms with Gasteiger partial charge >= 0.3 is 0 Å². The number of aryl methyl sites for hydroxylation is 1. The zero-order chi connectivity index (χ0) is 21.7. The van der Waals surface area contributed by atoms with Crippen LogP contribution in [0.5, 0.6) is 0 Å². The first-order chi connectivity index (χ1) is 15.0. The lowest BCUT2D eigenvalue weighted by atomic mass is 9.74. The molecule has 0 fully saturated rings. The third-order valence-electron chi connectivity index (χ3n) is 6.10. The van der Waals surface area contributed by atoms with E-state index in [0.717, 1.165) is 24.8 Å². The lowest BCUT2D eigenvalue weighted by Crippen LogP contribution is -2.34. The lowest BCUT2D eigenvalue weighted by molar-refractivity contribution is 0.315. The first-order valence-corrected chi connectivity index (χ1v) is 12.2. The van der Waals surface area contributed by atoms with Gasteiger partial charge in [0.25, 0.3) is 0 Å². The average Bonchev–Trinajstić information content (AvgIpc) is 2.98. The van der Waals surface area contributed by atoms with Gasteiger partial charge in [0, 0.05) is 13.1 Å². The maximum atomic E-state index is 13.3. The van der Waals surface area contributed by atoms with Crippen molar-refractivity contribution in [3.8, 4) is 0 Å². The number of sulfonamides is 1. The third kappa shape index (κ3) is 5.15. The van der Waals surface area contributed by atoms with Crippen LogP contribution < -0.4 is 0 Å². The van der Waals surface area contributed by atoms with Gasteiger partial charge in [0.15, 0.2) is 0 Å². The van der Waals surface area contributed by atoms with Gasteiger partial charge in [0.2, 0.25) is 10.0 Å². The maximum absolute atomic E-state index is 13.3. The molecule has 4 heteroatoms. The summed E-state index contributed by atoms with van der Waals surface area (Å²) in [5, 5.41) is 0. The number of rotatable bonds is 6. The standard InChI is InChI=1S/C27H29NO2S/c1-23-13-15-26(16-14-23)31(29,30)28-19-8-17-27(18-20-28,21-24-9-4-2-5-10-24)22-25-11-6-3-7-12-25/h2-17H,18-22H2,1H3. The minimum absolute atomic E-state index is 0.125. The minimum Gasteiger partial charge on any atom is -0.207 e. The molecule has 0 aliphatic carbocycles. The van der Waals surface area contributed by atoms with Crippen LogP contribution in [0.1, 0.15) is 23.1 Å². The molecule has 0 saturated heterocycles. The lowest BCUT2D eigenvalue weighted by Gasteiger charge is -2.31. The Hall–Kier alpha value is -2.69. The van der Waals surface area contributed by atoms with Crippen molar-refractivity contribution in [3.05, 3.63) is 114 Å². The van der Waals surface area contributed by atoms with E-state index in [2.05, 4.69) is 54.6 Å². The minimum atomic E-state index is -3.52. The molecule has 4 rings (SSSR count). The number of hydrogen-bond donors (Lipinski definition) is 0. The third-order valence-corrected chi connectivity index (χ3v) is 7.98. The van der Waals surface area contributed by atoms with Gasteiger partial charge in [0.05, 0.1) is 4.90 Å². The largest absolute Gasteiger partial charge is 0.243 e. The van der Waals surface area contributed by atoms with Gasteiger partial charge in [-0.3, -0.25) is 0 Å². The summed E-state index contributed by atoms with van der Waals surface area (Å²) in [6.45, 7) is 2.87. The summed E-state index contributed by atoms with van der Waals surface area (Å²) in [6.07, 6.45) is 6.86. The molecule has 0 saturated carbocycles. The average molecular weight is 432 g/mol. The van der Waals surface area contributed by atoms with Crippen molar-refractivity contribution in [2.24, 2.45) is 5.41 Å². The summed E-state index contributed by atoms with van der Waals surface area (Å²) in [5.74, 6) is 0. The smallest absolute Gasteiger partial charge is 0.207 e. The molecule has 1 heterocycles. The summed E-state index contributed by atoms with van der Waals surface area (Å²) in [7, 11) is -3.52. The SMILES string of the molecule is Cc1ccc(S(=O)(=O)N2CC=CC(Cc3ccccc3)(Cc3ccccc3)CC2)cc1. The summed E-state index contributed by atoms with van der Waals surface area (Å²) in [4.78, 5) is 0.366. The number of benzene rings is 3. The van der Waals surface area contributed by atoms with Crippen molar-refractivity contribution >= 4 is 10.0 Å². The van der Waals surface area contributed by atoms with Gasteiger partial charge in [-0.05, 0) is 54.9 Å². The van der Waals surface area contributed by atoms with Crippen molar-refractivity contribution in [2.75, 3.05) is 13.1 Å². The van der Waals surface area contributed by atoms with E-state index < -0.39 is 10.0 Å². The fourth-order valence-electron chi connectivity index (χ4n) is 4.38. The van der Waals surface area contributed by atoms with E-state index in [1.165, 1.54) is 11.1 Å². The van der Waals surface area contributed by atoms with Crippen LogP contribution in [0.2, 0.25) is 0 Å². The summed E-state index contributed by atoms with van der Waals surface area (Å²) in [6, 6.07) is 28.1. The molecule has 160 valence electrons. The van der Waals surface area contributed by atoms with Crippen molar-refractivity contribution in [2.45, 2.75) is 31.1 Å². The second-order valence-electron chi connectivity index (χ2n) is 8.52. The van der Waals surface area contributed by atoms with E-state index in [9.17, 15) is 8.42 Å². The van der Waals surface area contributed by atoms with Crippen molar-refractivity contribution in [1.82, 2.24) is 4.31 Å². The van der Waals surface area contributed by atoms with Crippen LogP contribution >= 0.6 is 0 Å². The predicted octanol–water partition coefficient (Wildman–Crippen LogP) is 5.42. The first kappa shape index (κ1) is 21.5. The van der Waals surface area contributed by atoms with Crippen LogP contribution in [0, 0.1) is 12.3 Å². The highest BCUT2D eigenvalue weighted by molar-refractivity contribution is 7.89. The molecule has 0 unspecified atom stereocenters. The highest BCUT2D eigenvalue weighted by atomic mass is 32.2. The van der Waals surface area contributed by atoms with Crippen LogP contribution in [0.25, 0.3) is 0 Å². The summed E-state index contributed by atoms with van der Waals surface area (Å²) < 4.78 is 28.2. The van der Waals surface area contributed by atoms with Gasteiger partial charge in [-0.2, -0.15) is 4.31 Å². The molecule has 0 aromatic heterocycles. The zero-order valence-corrected chi connectivity index (χ0v) is 18.8. The number of hydrogen-bond acceptors (Lipinski definition) is 2. The van der Waals surface area contributed by atoms with Crippen LogP contribution in [0.15, 0.2) is 102 Å². The van der Waals surface area contributed by atoms with Crippen molar-refractivity contribution in [1.29, 1.82) is 0 Å². The molecular weight excluding hydrogens is 402 g/mol. The van der Waals surface area contributed by atoms with Crippen LogP contribution in [0.4, 0.5) is 0 Å². The fraction of sp³-hybridized carbons (Fsp3) is 0.259. The second kappa shape index (κ2) is 9.21. The molecule has 1 aliphatic heterocycles. The Morgan fingerprint density at radius 1 is 0.806 bits per heavy atom. The van der Waals surface area contributed by atoms with Crippen LogP contribution in [-0.2, 0) is 22.9 Å². The van der Waals surface area contributed by atoms with E-state index in [-0.39, 0.29) is 5.41 Å². The number of allylic oxidation sites excluding steroid dienone is 1. The molecule has 1 aliphatic rings. The topological polar surface area (TPSA) is 37.4 Å². The Balaban J connectivity index is 1.61. The highest BCUT2D eigenvalue weighted by Gasteiger charge is 2.33. The van der Waals surface area contributed by atoms with Crippen LogP contribution in [0.3, 0.4) is 0 Å². The molecule has 0 bridgehead atoms. The van der Waals surface area contributed by atoms with Gasteiger partial charge < -0.3 is 0 Å². The Morgan fingerprint density at radius 3 is 1.90 bits per heavy atom. The van der Waals surface area contributed by atoms with Gasteiger partial charge in [0.1, 0.15) is 0 Å². The van der Waals surface area contributed by atoms with Crippen LogP contribution in [-0.4, -0.2) is 25.8 Å². The van der Waals surface area contributed by atoms with Crippen molar-refractivity contribution in [3.63, 3.8) is 0 Å². The number of nitrogens with zero attached hydrogens (tertiary/aromatic N) is 1. The molecular formula is C27H29NO2S. The second-order valence-corrected chi connectivity index (χ2v) is 10.5. The van der Waals surface area contributed by atoms with E-state index >= 15 is 0 Å². The molecule has 0 spiro atoms. The Kier molecular flexibility index (Phi) is 6.40. The molecule has 31 heavy (non-hydrogen) atoms. The van der Waals surface area contributed by atoms with E-state index in [1.54, 1.807) is 16.4 Å². The van der Waals surface area contributed by atoms with E-state index in [1.807, 2.05) is 37.3 Å². The molecule has 3 aromatic rings. The quantitative estimate of drug-likeness (QED) is 0.489. The normalized spacial score (nSPS) is 16.7. The Labute approximate surface area is 186 Å². The fourth-order valence-corrected chi connectivity index (χ4v) is 5.77. The van der Waals surface area contributed by atoms with E-state index in [0.29, 0.717) is 18.0 Å².